The Labute approximate surface area is 133 Å². The summed E-state index contributed by atoms with van der Waals surface area (Å²) < 4.78 is 0. The smallest absolute Gasteiger partial charge is 0.00499 e. The Morgan fingerprint density at radius 3 is 2.05 bits per heavy atom. The molecule has 1 aliphatic carbocycles. The number of piperidine rings is 1. The first-order valence-electron chi connectivity index (χ1n) is 9.61. The SMILES string of the molecule is CCNCC(CC)(CC)CN1CCC2(CCCCC2)CC1. The van der Waals surface area contributed by atoms with Crippen LogP contribution in [-0.4, -0.2) is 37.6 Å². The molecular weight excluding hydrogens is 256 g/mol. The molecule has 1 spiro atoms. The van der Waals surface area contributed by atoms with Crippen molar-refractivity contribution in [2.75, 3.05) is 32.7 Å². The van der Waals surface area contributed by atoms with Gasteiger partial charge in [-0.1, -0.05) is 40.0 Å². The van der Waals surface area contributed by atoms with Crippen LogP contribution < -0.4 is 5.32 Å². The van der Waals surface area contributed by atoms with Gasteiger partial charge in [0.2, 0.25) is 0 Å². The Balaban J connectivity index is 1.85. The van der Waals surface area contributed by atoms with E-state index in [0.29, 0.717) is 5.41 Å². The van der Waals surface area contributed by atoms with E-state index in [1.165, 1.54) is 84.0 Å². The molecule has 1 N–H and O–H groups in total. The zero-order valence-corrected chi connectivity index (χ0v) is 14.8. The average Bonchev–Trinajstić information content (AvgIpc) is 2.55. The van der Waals surface area contributed by atoms with Crippen LogP contribution in [0.5, 0.6) is 0 Å². The first-order valence-corrected chi connectivity index (χ1v) is 9.61. The van der Waals surface area contributed by atoms with Gasteiger partial charge in [0.25, 0.3) is 0 Å². The zero-order chi connectivity index (χ0) is 15.2. The Kier molecular flexibility index (Phi) is 6.55. The molecule has 2 fully saturated rings. The van der Waals surface area contributed by atoms with E-state index >= 15 is 0 Å². The second kappa shape index (κ2) is 7.97. The van der Waals surface area contributed by atoms with Gasteiger partial charge >= 0.3 is 0 Å². The number of nitrogens with one attached hydrogen (secondary N) is 1. The molecule has 2 rings (SSSR count). The third-order valence-electron chi connectivity index (χ3n) is 6.64. The number of hydrogen-bond acceptors (Lipinski definition) is 2. The van der Waals surface area contributed by atoms with Crippen molar-refractivity contribution in [1.82, 2.24) is 10.2 Å². The van der Waals surface area contributed by atoms with Gasteiger partial charge in [0.05, 0.1) is 0 Å². The second-order valence-electron chi connectivity index (χ2n) is 7.82. The monoisotopic (exact) mass is 294 g/mol. The number of likely N-dealkylation sites (tertiary alicyclic amines) is 1. The molecule has 0 amide bonds. The first kappa shape index (κ1) is 17.3. The lowest BCUT2D eigenvalue weighted by Crippen LogP contribution is -2.48. The van der Waals surface area contributed by atoms with Crippen molar-refractivity contribution in [1.29, 1.82) is 0 Å². The highest BCUT2D eigenvalue weighted by atomic mass is 15.1. The molecule has 1 saturated carbocycles. The summed E-state index contributed by atoms with van der Waals surface area (Å²) in [5, 5.41) is 3.61. The van der Waals surface area contributed by atoms with Crippen LogP contribution in [0, 0.1) is 10.8 Å². The molecular formula is C19H38N2. The highest BCUT2D eigenvalue weighted by Crippen LogP contribution is 2.45. The fourth-order valence-corrected chi connectivity index (χ4v) is 4.63. The molecule has 2 aliphatic rings. The van der Waals surface area contributed by atoms with Gasteiger partial charge in [-0.25, -0.2) is 0 Å². The highest BCUT2D eigenvalue weighted by Gasteiger charge is 2.37. The number of nitrogens with zero attached hydrogens (tertiary/aromatic N) is 1. The lowest BCUT2D eigenvalue weighted by Gasteiger charge is -2.47. The van der Waals surface area contributed by atoms with Crippen LogP contribution in [0.25, 0.3) is 0 Å². The Morgan fingerprint density at radius 2 is 1.52 bits per heavy atom. The lowest BCUT2D eigenvalue weighted by molar-refractivity contribution is 0.0389. The molecule has 1 aliphatic heterocycles. The topological polar surface area (TPSA) is 15.3 Å². The molecule has 124 valence electrons. The van der Waals surface area contributed by atoms with Crippen molar-refractivity contribution >= 4 is 0 Å². The summed E-state index contributed by atoms with van der Waals surface area (Å²) in [5.41, 5.74) is 1.24. The summed E-state index contributed by atoms with van der Waals surface area (Å²) in [5.74, 6) is 0. The maximum atomic E-state index is 3.61. The van der Waals surface area contributed by atoms with Gasteiger partial charge in [-0.15, -0.1) is 0 Å². The van der Waals surface area contributed by atoms with Gasteiger partial charge in [-0.2, -0.15) is 0 Å². The minimum atomic E-state index is 0.493. The molecule has 21 heavy (non-hydrogen) atoms. The van der Waals surface area contributed by atoms with Crippen LogP contribution in [-0.2, 0) is 0 Å². The first-order chi connectivity index (χ1) is 10.2. The summed E-state index contributed by atoms with van der Waals surface area (Å²) >= 11 is 0. The molecule has 0 aromatic rings. The van der Waals surface area contributed by atoms with E-state index in [2.05, 4.69) is 31.0 Å². The van der Waals surface area contributed by atoms with E-state index < -0.39 is 0 Å². The fraction of sp³-hybridized carbons (Fsp3) is 1.00. The maximum absolute atomic E-state index is 3.61. The van der Waals surface area contributed by atoms with E-state index in [1.807, 2.05) is 0 Å². The normalized spacial score (nSPS) is 23.6. The predicted octanol–water partition coefficient (Wildman–Crippen LogP) is 4.45. The van der Waals surface area contributed by atoms with Crippen LogP contribution in [0.1, 0.15) is 78.6 Å². The average molecular weight is 295 g/mol. The van der Waals surface area contributed by atoms with Gasteiger partial charge in [-0.3, -0.25) is 0 Å². The fourth-order valence-electron chi connectivity index (χ4n) is 4.63. The van der Waals surface area contributed by atoms with Crippen LogP contribution in [0.2, 0.25) is 0 Å². The van der Waals surface area contributed by atoms with E-state index in [-0.39, 0.29) is 0 Å². The van der Waals surface area contributed by atoms with Crippen molar-refractivity contribution in [2.45, 2.75) is 78.6 Å². The van der Waals surface area contributed by atoms with Gasteiger partial charge in [0, 0.05) is 13.1 Å². The Bertz CT molecular complexity index is 280. The summed E-state index contributed by atoms with van der Waals surface area (Å²) in [7, 11) is 0. The number of hydrogen-bond donors (Lipinski definition) is 1. The summed E-state index contributed by atoms with van der Waals surface area (Å²) in [6.45, 7) is 13.3. The Morgan fingerprint density at radius 1 is 0.905 bits per heavy atom. The molecule has 1 saturated heterocycles. The second-order valence-corrected chi connectivity index (χ2v) is 7.82. The molecule has 0 aromatic heterocycles. The molecule has 2 nitrogen and oxygen atoms in total. The van der Waals surface area contributed by atoms with E-state index in [0.717, 1.165) is 12.0 Å². The molecule has 0 atom stereocenters. The summed E-state index contributed by atoms with van der Waals surface area (Å²) in [4.78, 5) is 2.78. The van der Waals surface area contributed by atoms with Crippen molar-refractivity contribution in [3.63, 3.8) is 0 Å². The molecule has 0 aromatic carbocycles. The maximum Gasteiger partial charge on any atom is 0.00499 e. The van der Waals surface area contributed by atoms with Gasteiger partial charge < -0.3 is 10.2 Å². The minimum absolute atomic E-state index is 0.493. The Hall–Kier alpha value is -0.0800. The van der Waals surface area contributed by atoms with Crippen LogP contribution in [0.3, 0.4) is 0 Å². The van der Waals surface area contributed by atoms with E-state index in [4.69, 9.17) is 0 Å². The van der Waals surface area contributed by atoms with Crippen molar-refractivity contribution in [3.8, 4) is 0 Å². The summed E-state index contributed by atoms with van der Waals surface area (Å²) in [6, 6.07) is 0. The third kappa shape index (κ3) is 4.45. The highest BCUT2D eigenvalue weighted by molar-refractivity contribution is 4.91. The van der Waals surface area contributed by atoms with E-state index in [1.54, 1.807) is 0 Å². The van der Waals surface area contributed by atoms with Crippen molar-refractivity contribution in [3.05, 3.63) is 0 Å². The summed E-state index contributed by atoms with van der Waals surface area (Å²) in [6.07, 6.45) is 13.1. The lowest BCUT2D eigenvalue weighted by atomic mass is 9.68. The largest absolute Gasteiger partial charge is 0.316 e. The van der Waals surface area contributed by atoms with Crippen molar-refractivity contribution < 1.29 is 0 Å². The number of rotatable bonds is 7. The third-order valence-corrected chi connectivity index (χ3v) is 6.64. The van der Waals surface area contributed by atoms with Gasteiger partial charge in [0.15, 0.2) is 0 Å². The van der Waals surface area contributed by atoms with Crippen LogP contribution in [0.4, 0.5) is 0 Å². The quantitative estimate of drug-likeness (QED) is 0.746. The van der Waals surface area contributed by atoms with Crippen molar-refractivity contribution in [2.24, 2.45) is 10.8 Å². The standard InChI is InChI=1S/C19H38N2/c1-4-18(5-2,16-20-6-3)17-21-14-12-19(13-15-21)10-8-7-9-11-19/h20H,4-17H2,1-3H3. The van der Waals surface area contributed by atoms with E-state index in [9.17, 15) is 0 Å². The molecule has 0 bridgehead atoms. The van der Waals surface area contributed by atoms with Crippen LogP contribution >= 0.6 is 0 Å². The molecule has 0 unspecified atom stereocenters. The minimum Gasteiger partial charge on any atom is -0.316 e. The van der Waals surface area contributed by atoms with Gasteiger partial charge in [0.1, 0.15) is 0 Å². The molecule has 2 heteroatoms. The van der Waals surface area contributed by atoms with Gasteiger partial charge in [-0.05, 0) is 69.0 Å². The zero-order valence-electron chi connectivity index (χ0n) is 14.8. The molecule has 1 heterocycles. The predicted molar refractivity (Wildman–Crippen MR) is 92.8 cm³/mol. The molecule has 0 radical (unpaired) electrons. The van der Waals surface area contributed by atoms with Crippen LogP contribution in [0.15, 0.2) is 0 Å².